The molecule has 1 aliphatic rings. The Hall–Kier alpha value is -2.65. The summed E-state index contributed by atoms with van der Waals surface area (Å²) in [6.45, 7) is 3.60. The first-order valence-corrected chi connectivity index (χ1v) is 14.7. The van der Waals surface area contributed by atoms with Gasteiger partial charge in [-0.05, 0) is 6.42 Å². The summed E-state index contributed by atoms with van der Waals surface area (Å²) >= 11 is 0. The quantitative estimate of drug-likeness (QED) is 0.0708. The molecular weight excluding hydrogens is 528 g/mol. The molecule has 0 aliphatic carbocycles. The second-order valence-electron chi connectivity index (χ2n) is 10.7. The van der Waals surface area contributed by atoms with Gasteiger partial charge in [-0.15, -0.1) is 0 Å². The van der Waals surface area contributed by atoms with Crippen molar-refractivity contribution >= 4 is 17.8 Å². The van der Waals surface area contributed by atoms with Crippen molar-refractivity contribution in [1.82, 2.24) is 9.80 Å². The van der Waals surface area contributed by atoms with Gasteiger partial charge in [0, 0.05) is 45.6 Å². The number of halogens is 4. The van der Waals surface area contributed by atoms with Crippen LogP contribution in [0.2, 0.25) is 0 Å². The second-order valence-corrected chi connectivity index (χ2v) is 10.7. The van der Waals surface area contributed by atoms with Gasteiger partial charge in [-0.2, -0.15) is 8.78 Å². The molecule has 1 fully saturated rings. The number of carbonyl (C=O) groups is 3. The summed E-state index contributed by atoms with van der Waals surface area (Å²) in [5.74, 6) is -11.4. The van der Waals surface area contributed by atoms with Crippen LogP contribution in [0.25, 0.3) is 0 Å². The summed E-state index contributed by atoms with van der Waals surface area (Å²) in [5.41, 5.74) is 0. The van der Waals surface area contributed by atoms with Gasteiger partial charge in [0.05, 0.1) is 5.92 Å². The third-order valence-electron chi connectivity index (χ3n) is 7.42. The van der Waals surface area contributed by atoms with E-state index in [0.29, 0.717) is 6.42 Å². The topological polar surface area (TPSA) is 66.9 Å². The normalized spacial score (nSPS) is 15.7. The molecule has 1 atom stereocenters. The number of benzene rings is 1. The van der Waals surface area contributed by atoms with Gasteiger partial charge in [0.1, 0.15) is 0 Å². The highest BCUT2D eigenvalue weighted by Gasteiger charge is 2.34. The Morgan fingerprint density at radius 3 is 1.70 bits per heavy atom. The third-order valence-corrected chi connectivity index (χ3v) is 7.42. The minimum atomic E-state index is -1.83. The van der Waals surface area contributed by atoms with E-state index >= 15 is 0 Å². The maximum Gasteiger partial charge on any atom is 0.318 e. The van der Waals surface area contributed by atoms with Crippen molar-refractivity contribution in [3.05, 3.63) is 29.3 Å². The fourth-order valence-corrected chi connectivity index (χ4v) is 4.95. The van der Waals surface area contributed by atoms with E-state index in [2.05, 4.69) is 6.92 Å². The molecule has 10 heteroatoms. The van der Waals surface area contributed by atoms with Crippen LogP contribution in [0.4, 0.5) is 17.6 Å². The molecule has 0 aromatic heterocycles. The Morgan fingerprint density at radius 2 is 1.20 bits per heavy atom. The molecule has 226 valence electrons. The minimum Gasteiger partial charge on any atom is -0.420 e. The van der Waals surface area contributed by atoms with Crippen LogP contribution in [0.1, 0.15) is 104 Å². The van der Waals surface area contributed by atoms with E-state index in [-0.39, 0.29) is 50.5 Å². The van der Waals surface area contributed by atoms with Gasteiger partial charge in [0.2, 0.25) is 29.2 Å². The molecule has 1 saturated heterocycles. The van der Waals surface area contributed by atoms with Gasteiger partial charge in [-0.1, -0.05) is 84.0 Å². The van der Waals surface area contributed by atoms with Crippen LogP contribution >= 0.6 is 0 Å². The number of nitrogens with zero attached hydrogens (tertiary/aromatic N) is 2. The van der Waals surface area contributed by atoms with Gasteiger partial charge < -0.3 is 14.5 Å². The standard InChI is InChI=1S/C30H44F4N2O4/c1-3-4-5-6-7-8-9-10-11-12-13-14-15-16-26(38)36-18-17-35(22(2)37)20-23(21-36)30(39)40-29-27(33)24(31)19-25(32)28(29)34/h19,23H,3-18,20-21H2,1-2H3. The molecule has 1 aliphatic heterocycles. The number of ether oxygens (including phenoxy) is 1. The minimum absolute atomic E-state index is 0.0159. The van der Waals surface area contributed by atoms with Crippen molar-refractivity contribution < 1.29 is 36.7 Å². The van der Waals surface area contributed by atoms with Crippen LogP contribution in [-0.4, -0.2) is 53.8 Å². The molecule has 1 aromatic carbocycles. The summed E-state index contributed by atoms with van der Waals surface area (Å²) in [4.78, 5) is 40.5. The van der Waals surface area contributed by atoms with Crippen molar-refractivity contribution in [2.45, 2.75) is 104 Å². The van der Waals surface area contributed by atoms with E-state index in [1.54, 1.807) is 0 Å². The number of hydrogen-bond donors (Lipinski definition) is 0. The fraction of sp³-hybridized carbons (Fsp3) is 0.700. The van der Waals surface area contributed by atoms with Crippen molar-refractivity contribution in [2.75, 3.05) is 26.2 Å². The van der Waals surface area contributed by atoms with Crippen LogP contribution in [0, 0.1) is 29.2 Å². The zero-order valence-corrected chi connectivity index (χ0v) is 23.9. The summed E-state index contributed by atoms with van der Waals surface area (Å²) in [6.07, 6.45) is 15.6. The average Bonchev–Trinajstić information content (AvgIpc) is 3.16. The predicted octanol–water partition coefficient (Wildman–Crippen LogP) is 6.94. The van der Waals surface area contributed by atoms with Crippen LogP contribution < -0.4 is 4.74 Å². The molecule has 0 radical (unpaired) electrons. The Labute approximate surface area is 235 Å². The van der Waals surface area contributed by atoms with E-state index in [9.17, 15) is 31.9 Å². The van der Waals surface area contributed by atoms with Crippen LogP contribution in [0.3, 0.4) is 0 Å². The summed E-state index contributed by atoms with van der Waals surface area (Å²) in [5, 5.41) is 0. The van der Waals surface area contributed by atoms with Crippen molar-refractivity contribution in [3.8, 4) is 5.75 Å². The van der Waals surface area contributed by atoms with E-state index in [0.717, 1.165) is 19.3 Å². The predicted molar refractivity (Wildman–Crippen MR) is 145 cm³/mol. The van der Waals surface area contributed by atoms with Crippen molar-refractivity contribution in [1.29, 1.82) is 0 Å². The zero-order valence-electron chi connectivity index (χ0n) is 23.9. The molecule has 1 unspecified atom stereocenters. The van der Waals surface area contributed by atoms with Crippen molar-refractivity contribution in [3.63, 3.8) is 0 Å². The molecule has 0 spiro atoms. The number of rotatable bonds is 16. The molecule has 2 amide bonds. The number of esters is 1. The first kappa shape index (κ1) is 33.6. The van der Waals surface area contributed by atoms with E-state index in [1.165, 1.54) is 74.5 Å². The van der Waals surface area contributed by atoms with Gasteiger partial charge in [0.25, 0.3) is 0 Å². The lowest BCUT2D eigenvalue weighted by molar-refractivity contribution is -0.141. The average molecular weight is 573 g/mol. The van der Waals surface area contributed by atoms with Gasteiger partial charge in [-0.3, -0.25) is 14.4 Å². The number of carbonyl (C=O) groups excluding carboxylic acids is 3. The highest BCUT2D eigenvalue weighted by molar-refractivity contribution is 5.81. The second kappa shape index (κ2) is 17.9. The molecule has 6 nitrogen and oxygen atoms in total. The van der Waals surface area contributed by atoms with Gasteiger partial charge in [-0.25, -0.2) is 8.78 Å². The van der Waals surface area contributed by atoms with Gasteiger partial charge >= 0.3 is 5.97 Å². The summed E-state index contributed by atoms with van der Waals surface area (Å²) < 4.78 is 59.9. The smallest absolute Gasteiger partial charge is 0.318 e. The highest BCUT2D eigenvalue weighted by atomic mass is 19.2. The molecule has 0 N–H and O–H groups in total. The maximum atomic E-state index is 14.0. The molecular formula is C30H44F4N2O4. The maximum absolute atomic E-state index is 14.0. The molecule has 0 saturated carbocycles. The first-order chi connectivity index (χ1) is 19.1. The Bertz CT molecular complexity index is 949. The van der Waals surface area contributed by atoms with Crippen LogP contribution in [0.5, 0.6) is 5.75 Å². The molecule has 40 heavy (non-hydrogen) atoms. The molecule has 0 bridgehead atoms. The number of hydrogen-bond acceptors (Lipinski definition) is 4. The first-order valence-electron chi connectivity index (χ1n) is 14.7. The molecule has 1 heterocycles. The highest BCUT2D eigenvalue weighted by Crippen LogP contribution is 2.28. The lowest BCUT2D eigenvalue weighted by Crippen LogP contribution is -2.40. The number of amides is 2. The SMILES string of the molecule is CCCCCCCCCCCCCCCC(=O)N1CCN(C(C)=O)CC(C(=O)Oc2c(F)c(F)cc(F)c2F)C1. The van der Waals surface area contributed by atoms with E-state index in [1.807, 2.05) is 0 Å². The number of unbranched alkanes of at least 4 members (excludes halogenated alkanes) is 12. The molecule has 1 aromatic rings. The Balaban J connectivity index is 1.80. The largest absolute Gasteiger partial charge is 0.420 e. The van der Waals surface area contributed by atoms with Crippen molar-refractivity contribution in [2.24, 2.45) is 5.92 Å². The monoisotopic (exact) mass is 572 g/mol. The lowest BCUT2D eigenvalue weighted by atomic mass is 10.0. The molecule has 2 rings (SSSR count). The Morgan fingerprint density at radius 1 is 0.750 bits per heavy atom. The van der Waals surface area contributed by atoms with Crippen LogP contribution in [-0.2, 0) is 14.4 Å². The zero-order chi connectivity index (χ0) is 29.5. The fourth-order valence-electron chi connectivity index (χ4n) is 4.95. The van der Waals surface area contributed by atoms with E-state index < -0.39 is 40.9 Å². The van der Waals surface area contributed by atoms with Crippen LogP contribution in [0.15, 0.2) is 6.07 Å². The van der Waals surface area contributed by atoms with Gasteiger partial charge in [0.15, 0.2) is 11.6 Å². The Kier molecular flexibility index (Phi) is 15.0. The summed E-state index contributed by atoms with van der Waals surface area (Å²) in [7, 11) is 0. The van der Waals surface area contributed by atoms with E-state index in [4.69, 9.17) is 4.74 Å². The lowest BCUT2D eigenvalue weighted by Gasteiger charge is -2.23. The summed E-state index contributed by atoms with van der Waals surface area (Å²) in [6, 6.07) is 0.0159. The third kappa shape index (κ3) is 11.1.